The van der Waals surface area contributed by atoms with E-state index in [0.717, 1.165) is 17.2 Å². The summed E-state index contributed by atoms with van der Waals surface area (Å²) in [5, 5.41) is 2.74. The van der Waals surface area contributed by atoms with Crippen LogP contribution in [0.1, 0.15) is 11.1 Å². The highest BCUT2D eigenvalue weighted by Crippen LogP contribution is 2.19. The summed E-state index contributed by atoms with van der Waals surface area (Å²) in [5.74, 6) is -3.10. The van der Waals surface area contributed by atoms with Gasteiger partial charge in [0.15, 0.2) is 11.6 Å². The van der Waals surface area contributed by atoms with Crippen LogP contribution in [0.25, 0.3) is 0 Å². The Morgan fingerprint density at radius 3 is 2.15 bits per heavy atom. The highest BCUT2D eigenvalue weighted by atomic mass is 19.2. The van der Waals surface area contributed by atoms with Gasteiger partial charge in [-0.15, -0.1) is 0 Å². The molecule has 0 spiro atoms. The first-order valence-electron chi connectivity index (χ1n) is 6.05. The molecular weight excluding hydrogens is 267 g/mol. The number of nitrogens with one attached hydrogen (secondary N) is 1. The lowest BCUT2D eigenvalue weighted by molar-refractivity contribution is 0.185. The predicted molar refractivity (Wildman–Crippen MR) is 70.8 cm³/mol. The first kappa shape index (κ1) is 14.4. The van der Waals surface area contributed by atoms with Crippen molar-refractivity contribution in [2.24, 2.45) is 0 Å². The number of rotatable bonds is 5. The SMILES string of the molecule is COCc1ccc(CNc2cc(F)c(F)cc2F)cc1. The van der Waals surface area contributed by atoms with Crippen molar-refractivity contribution in [3.05, 3.63) is 65.0 Å². The van der Waals surface area contributed by atoms with E-state index < -0.39 is 17.5 Å². The minimum atomic E-state index is -1.20. The largest absolute Gasteiger partial charge is 0.380 e. The summed E-state index contributed by atoms with van der Waals surface area (Å²) < 4.78 is 44.2. The van der Waals surface area contributed by atoms with Crippen LogP contribution < -0.4 is 5.32 Å². The fourth-order valence-electron chi connectivity index (χ4n) is 1.78. The van der Waals surface area contributed by atoms with Crippen LogP contribution in [-0.2, 0) is 17.9 Å². The van der Waals surface area contributed by atoms with Crippen LogP contribution in [0.2, 0.25) is 0 Å². The molecule has 0 bridgehead atoms. The molecule has 2 nitrogen and oxygen atoms in total. The van der Waals surface area contributed by atoms with Gasteiger partial charge in [-0.25, -0.2) is 13.2 Å². The Kier molecular flexibility index (Phi) is 4.63. The summed E-state index contributed by atoms with van der Waals surface area (Å²) in [7, 11) is 1.61. The Morgan fingerprint density at radius 1 is 0.900 bits per heavy atom. The fraction of sp³-hybridized carbons (Fsp3) is 0.200. The third kappa shape index (κ3) is 3.51. The van der Waals surface area contributed by atoms with Crippen molar-refractivity contribution in [3.63, 3.8) is 0 Å². The monoisotopic (exact) mass is 281 g/mol. The molecule has 106 valence electrons. The van der Waals surface area contributed by atoms with Crippen molar-refractivity contribution in [1.29, 1.82) is 0 Å². The zero-order chi connectivity index (χ0) is 14.5. The molecular formula is C15H14F3NO. The molecule has 0 heterocycles. The molecule has 20 heavy (non-hydrogen) atoms. The number of anilines is 1. The van der Waals surface area contributed by atoms with Crippen molar-refractivity contribution in [2.45, 2.75) is 13.2 Å². The van der Waals surface area contributed by atoms with Gasteiger partial charge in [-0.1, -0.05) is 24.3 Å². The molecule has 0 saturated carbocycles. The van der Waals surface area contributed by atoms with E-state index in [0.29, 0.717) is 19.2 Å². The quantitative estimate of drug-likeness (QED) is 0.840. The van der Waals surface area contributed by atoms with E-state index in [1.54, 1.807) is 7.11 Å². The lowest BCUT2D eigenvalue weighted by Crippen LogP contribution is -2.03. The van der Waals surface area contributed by atoms with Crippen LogP contribution in [-0.4, -0.2) is 7.11 Å². The van der Waals surface area contributed by atoms with Crippen LogP contribution in [0.5, 0.6) is 0 Å². The Labute approximate surface area is 115 Å². The standard InChI is InChI=1S/C15H14F3NO/c1-20-9-11-4-2-10(3-5-11)8-19-15-7-13(17)12(16)6-14(15)18/h2-7,19H,8-9H2,1H3. The number of hydrogen-bond donors (Lipinski definition) is 1. The topological polar surface area (TPSA) is 21.3 Å². The van der Waals surface area contributed by atoms with Gasteiger partial charge in [-0.05, 0) is 11.1 Å². The highest BCUT2D eigenvalue weighted by Gasteiger charge is 2.09. The van der Waals surface area contributed by atoms with Crippen LogP contribution in [0.4, 0.5) is 18.9 Å². The molecule has 2 aromatic carbocycles. The van der Waals surface area contributed by atoms with Gasteiger partial charge < -0.3 is 10.1 Å². The molecule has 0 saturated heterocycles. The van der Waals surface area contributed by atoms with Crippen LogP contribution in [0.15, 0.2) is 36.4 Å². The molecule has 0 unspecified atom stereocenters. The van der Waals surface area contributed by atoms with Crippen molar-refractivity contribution in [1.82, 2.24) is 0 Å². The second-order valence-electron chi connectivity index (χ2n) is 4.35. The number of hydrogen-bond acceptors (Lipinski definition) is 2. The molecule has 2 rings (SSSR count). The summed E-state index contributed by atoms with van der Waals surface area (Å²) >= 11 is 0. The average molecular weight is 281 g/mol. The zero-order valence-corrected chi connectivity index (χ0v) is 10.9. The number of methoxy groups -OCH3 is 1. The minimum Gasteiger partial charge on any atom is -0.380 e. The molecule has 0 aliphatic heterocycles. The van der Waals surface area contributed by atoms with E-state index in [9.17, 15) is 13.2 Å². The maximum Gasteiger partial charge on any atom is 0.161 e. The maximum atomic E-state index is 13.4. The molecule has 0 amide bonds. The van der Waals surface area contributed by atoms with Crippen molar-refractivity contribution in [3.8, 4) is 0 Å². The Bertz CT molecular complexity index is 584. The number of benzene rings is 2. The van der Waals surface area contributed by atoms with E-state index >= 15 is 0 Å². The summed E-state index contributed by atoms with van der Waals surface area (Å²) in [5.41, 5.74) is 1.86. The maximum absolute atomic E-state index is 13.4. The first-order valence-corrected chi connectivity index (χ1v) is 6.05. The smallest absolute Gasteiger partial charge is 0.161 e. The van der Waals surface area contributed by atoms with Gasteiger partial charge in [0.05, 0.1) is 12.3 Å². The summed E-state index contributed by atoms with van der Waals surface area (Å²) in [6, 6.07) is 8.84. The van der Waals surface area contributed by atoms with Crippen LogP contribution in [0.3, 0.4) is 0 Å². The molecule has 0 aromatic heterocycles. The number of ether oxygens (including phenoxy) is 1. The molecule has 1 N–H and O–H groups in total. The second-order valence-corrected chi connectivity index (χ2v) is 4.35. The van der Waals surface area contributed by atoms with Gasteiger partial charge >= 0.3 is 0 Å². The van der Waals surface area contributed by atoms with E-state index in [-0.39, 0.29) is 5.69 Å². The minimum absolute atomic E-state index is 0.0649. The van der Waals surface area contributed by atoms with Crippen molar-refractivity contribution < 1.29 is 17.9 Å². The molecule has 5 heteroatoms. The zero-order valence-electron chi connectivity index (χ0n) is 10.9. The highest BCUT2D eigenvalue weighted by molar-refractivity contribution is 5.45. The summed E-state index contributed by atoms with van der Waals surface area (Å²) in [4.78, 5) is 0. The molecule has 0 fully saturated rings. The third-order valence-electron chi connectivity index (χ3n) is 2.83. The molecule has 0 radical (unpaired) electrons. The van der Waals surface area contributed by atoms with E-state index in [4.69, 9.17) is 4.74 Å². The van der Waals surface area contributed by atoms with Gasteiger partial charge in [0.25, 0.3) is 0 Å². The lowest BCUT2D eigenvalue weighted by atomic mass is 10.1. The Balaban J connectivity index is 2.03. The van der Waals surface area contributed by atoms with Crippen molar-refractivity contribution >= 4 is 5.69 Å². The second kappa shape index (κ2) is 6.43. The molecule has 0 aliphatic carbocycles. The van der Waals surface area contributed by atoms with Gasteiger partial charge in [-0.2, -0.15) is 0 Å². The first-order chi connectivity index (χ1) is 9.60. The van der Waals surface area contributed by atoms with Gasteiger partial charge in [0.2, 0.25) is 0 Å². The molecule has 2 aromatic rings. The molecule has 0 atom stereocenters. The Hall–Kier alpha value is -2.01. The van der Waals surface area contributed by atoms with E-state index in [1.807, 2.05) is 24.3 Å². The van der Waals surface area contributed by atoms with Crippen molar-refractivity contribution in [2.75, 3.05) is 12.4 Å². The summed E-state index contributed by atoms with van der Waals surface area (Å²) in [6.45, 7) is 0.834. The molecule has 0 aliphatic rings. The summed E-state index contributed by atoms with van der Waals surface area (Å²) in [6.07, 6.45) is 0. The van der Waals surface area contributed by atoms with Gasteiger partial charge in [-0.3, -0.25) is 0 Å². The fourth-order valence-corrected chi connectivity index (χ4v) is 1.78. The van der Waals surface area contributed by atoms with Crippen LogP contribution >= 0.6 is 0 Å². The van der Waals surface area contributed by atoms with E-state index in [1.165, 1.54) is 0 Å². The Morgan fingerprint density at radius 2 is 1.50 bits per heavy atom. The van der Waals surface area contributed by atoms with E-state index in [2.05, 4.69) is 5.32 Å². The average Bonchev–Trinajstić information content (AvgIpc) is 2.43. The third-order valence-corrected chi connectivity index (χ3v) is 2.83. The predicted octanol–water partition coefficient (Wildman–Crippen LogP) is 3.86. The van der Waals surface area contributed by atoms with Gasteiger partial charge in [0.1, 0.15) is 5.82 Å². The lowest BCUT2D eigenvalue weighted by Gasteiger charge is -2.09. The van der Waals surface area contributed by atoms with Gasteiger partial charge in [0, 0.05) is 25.8 Å². The normalized spacial score (nSPS) is 10.6. The van der Waals surface area contributed by atoms with Crippen LogP contribution in [0, 0.1) is 17.5 Å². The number of halogens is 3.